The van der Waals surface area contributed by atoms with Gasteiger partial charge in [-0.3, -0.25) is 9.89 Å². The lowest BCUT2D eigenvalue weighted by Crippen LogP contribution is -1.98. The second-order valence-corrected chi connectivity index (χ2v) is 2.11. The summed E-state index contributed by atoms with van der Waals surface area (Å²) in [5.41, 5.74) is 0. The highest BCUT2D eigenvalue weighted by Gasteiger charge is 1.95. The standard InChI is InChI=1S/C7H10N4O/c1-2-6-9-7(11-10-6)3-4-8-5-12/h3-5H,2H2,1H3,(H,8,12)(H,9,10,11)/b4-3-. The van der Waals surface area contributed by atoms with E-state index in [1.54, 1.807) is 6.08 Å². The Bertz CT molecular complexity index is 279. The number of aromatic nitrogens is 3. The van der Waals surface area contributed by atoms with Gasteiger partial charge in [-0.1, -0.05) is 6.92 Å². The van der Waals surface area contributed by atoms with Crippen molar-refractivity contribution in [3.8, 4) is 0 Å². The number of aryl methyl sites for hydroxylation is 1. The molecule has 0 radical (unpaired) electrons. The number of nitrogens with one attached hydrogen (secondary N) is 2. The van der Waals surface area contributed by atoms with E-state index in [1.165, 1.54) is 6.20 Å². The summed E-state index contributed by atoms with van der Waals surface area (Å²) in [7, 11) is 0. The topological polar surface area (TPSA) is 70.7 Å². The van der Waals surface area contributed by atoms with Gasteiger partial charge in [-0.25, -0.2) is 4.98 Å². The number of hydrogen-bond acceptors (Lipinski definition) is 3. The number of hydrogen-bond donors (Lipinski definition) is 2. The van der Waals surface area contributed by atoms with Crippen molar-refractivity contribution in [3.05, 3.63) is 17.8 Å². The van der Waals surface area contributed by atoms with Gasteiger partial charge in [0.25, 0.3) is 0 Å². The summed E-state index contributed by atoms with van der Waals surface area (Å²) >= 11 is 0. The van der Waals surface area contributed by atoms with Gasteiger partial charge in [0.05, 0.1) is 0 Å². The lowest BCUT2D eigenvalue weighted by atomic mass is 10.5. The van der Waals surface area contributed by atoms with E-state index in [0.717, 1.165) is 12.2 Å². The van der Waals surface area contributed by atoms with Crippen LogP contribution < -0.4 is 5.32 Å². The van der Waals surface area contributed by atoms with Crippen LogP contribution in [0, 0.1) is 0 Å². The van der Waals surface area contributed by atoms with Crippen molar-refractivity contribution >= 4 is 12.5 Å². The number of aromatic amines is 1. The fourth-order valence-corrected chi connectivity index (χ4v) is 0.705. The lowest BCUT2D eigenvalue weighted by Gasteiger charge is -1.81. The summed E-state index contributed by atoms with van der Waals surface area (Å²) in [6, 6.07) is 0. The molecular formula is C7H10N4O. The molecule has 0 aliphatic heterocycles. The van der Waals surface area contributed by atoms with E-state index in [1.807, 2.05) is 6.92 Å². The van der Waals surface area contributed by atoms with Gasteiger partial charge >= 0.3 is 0 Å². The van der Waals surface area contributed by atoms with E-state index in [0.29, 0.717) is 12.2 Å². The molecule has 1 amide bonds. The molecule has 12 heavy (non-hydrogen) atoms. The highest BCUT2D eigenvalue weighted by atomic mass is 16.1. The van der Waals surface area contributed by atoms with Gasteiger partial charge in [0.1, 0.15) is 5.82 Å². The number of carbonyl (C=O) groups excluding carboxylic acids is 1. The number of amides is 1. The van der Waals surface area contributed by atoms with Crippen molar-refractivity contribution in [1.82, 2.24) is 20.5 Å². The highest BCUT2D eigenvalue weighted by molar-refractivity contribution is 5.51. The zero-order valence-corrected chi connectivity index (χ0v) is 6.74. The molecule has 0 unspecified atom stereocenters. The molecule has 0 atom stereocenters. The van der Waals surface area contributed by atoms with Crippen LogP contribution in [0.4, 0.5) is 0 Å². The Labute approximate surface area is 69.9 Å². The van der Waals surface area contributed by atoms with Crippen LogP contribution in [-0.4, -0.2) is 21.6 Å². The first-order chi connectivity index (χ1) is 5.86. The van der Waals surface area contributed by atoms with E-state index >= 15 is 0 Å². The second-order valence-electron chi connectivity index (χ2n) is 2.11. The monoisotopic (exact) mass is 166 g/mol. The van der Waals surface area contributed by atoms with Crippen LogP contribution >= 0.6 is 0 Å². The van der Waals surface area contributed by atoms with Gasteiger partial charge in [0.2, 0.25) is 6.41 Å². The fourth-order valence-electron chi connectivity index (χ4n) is 0.705. The molecule has 1 heterocycles. The molecule has 0 saturated heterocycles. The molecule has 5 heteroatoms. The van der Waals surface area contributed by atoms with Crippen molar-refractivity contribution < 1.29 is 4.79 Å². The Morgan fingerprint density at radius 3 is 3.08 bits per heavy atom. The first-order valence-electron chi connectivity index (χ1n) is 3.64. The maximum atomic E-state index is 9.85. The third-order valence-corrected chi connectivity index (χ3v) is 1.28. The van der Waals surface area contributed by atoms with Gasteiger partial charge in [-0.15, -0.1) is 0 Å². The van der Waals surface area contributed by atoms with E-state index in [4.69, 9.17) is 0 Å². The van der Waals surface area contributed by atoms with Gasteiger partial charge in [-0.05, 0) is 0 Å². The van der Waals surface area contributed by atoms with Gasteiger partial charge in [0, 0.05) is 18.7 Å². The van der Waals surface area contributed by atoms with Gasteiger partial charge in [0.15, 0.2) is 5.82 Å². The Morgan fingerprint density at radius 1 is 1.67 bits per heavy atom. The molecule has 0 aliphatic carbocycles. The van der Waals surface area contributed by atoms with Crippen LogP contribution in [-0.2, 0) is 11.2 Å². The Hall–Kier alpha value is -1.65. The minimum Gasteiger partial charge on any atom is -0.335 e. The summed E-state index contributed by atoms with van der Waals surface area (Å²) < 4.78 is 0. The molecule has 5 nitrogen and oxygen atoms in total. The molecule has 0 spiro atoms. The number of H-pyrrole nitrogens is 1. The van der Waals surface area contributed by atoms with Crippen LogP contribution in [0.5, 0.6) is 0 Å². The van der Waals surface area contributed by atoms with E-state index < -0.39 is 0 Å². The molecule has 0 aliphatic rings. The smallest absolute Gasteiger partial charge is 0.211 e. The van der Waals surface area contributed by atoms with Crippen molar-refractivity contribution in [1.29, 1.82) is 0 Å². The normalized spacial score (nSPS) is 10.4. The first-order valence-corrected chi connectivity index (χ1v) is 3.64. The number of carbonyl (C=O) groups is 1. The minimum atomic E-state index is 0.571. The zero-order valence-electron chi connectivity index (χ0n) is 6.74. The van der Waals surface area contributed by atoms with Gasteiger partial charge in [-0.2, -0.15) is 5.10 Å². The number of rotatable bonds is 4. The Balaban J connectivity index is 2.57. The van der Waals surface area contributed by atoms with Crippen molar-refractivity contribution in [3.63, 3.8) is 0 Å². The molecule has 64 valence electrons. The summed E-state index contributed by atoms with van der Waals surface area (Å²) in [5, 5.41) is 9.00. The zero-order chi connectivity index (χ0) is 8.81. The molecule has 0 saturated carbocycles. The van der Waals surface area contributed by atoms with Gasteiger partial charge < -0.3 is 5.32 Å². The van der Waals surface area contributed by atoms with Crippen LogP contribution in [0.1, 0.15) is 18.6 Å². The number of nitrogens with zero attached hydrogens (tertiary/aromatic N) is 2. The van der Waals surface area contributed by atoms with Crippen LogP contribution in [0.25, 0.3) is 6.08 Å². The molecular weight excluding hydrogens is 156 g/mol. The summed E-state index contributed by atoms with van der Waals surface area (Å²) in [5.74, 6) is 1.40. The van der Waals surface area contributed by atoms with E-state index in [2.05, 4.69) is 20.5 Å². The second kappa shape index (κ2) is 4.27. The largest absolute Gasteiger partial charge is 0.335 e. The molecule has 0 aromatic carbocycles. The van der Waals surface area contributed by atoms with E-state index in [9.17, 15) is 4.79 Å². The first kappa shape index (κ1) is 8.45. The molecule has 0 fully saturated rings. The summed E-state index contributed by atoms with van der Waals surface area (Å²) in [6.45, 7) is 1.98. The molecule has 1 aromatic rings. The molecule has 0 bridgehead atoms. The molecule has 1 rings (SSSR count). The average Bonchev–Trinajstić information content (AvgIpc) is 2.53. The third-order valence-electron chi connectivity index (χ3n) is 1.28. The SMILES string of the molecule is CCc1nc(/C=C\NC=O)n[nH]1. The predicted octanol–water partition coefficient (Wildman–Crippen LogP) is 0.0838. The maximum absolute atomic E-state index is 9.85. The minimum absolute atomic E-state index is 0.571. The quantitative estimate of drug-likeness (QED) is 0.622. The summed E-state index contributed by atoms with van der Waals surface area (Å²) in [6.07, 6.45) is 4.51. The fraction of sp³-hybridized carbons (Fsp3) is 0.286. The Morgan fingerprint density at radius 2 is 2.50 bits per heavy atom. The highest BCUT2D eigenvalue weighted by Crippen LogP contribution is 1.94. The lowest BCUT2D eigenvalue weighted by molar-refractivity contribution is -0.108. The van der Waals surface area contributed by atoms with Crippen molar-refractivity contribution in [2.75, 3.05) is 0 Å². The molecule has 1 aromatic heterocycles. The van der Waals surface area contributed by atoms with Crippen LogP contribution in [0.2, 0.25) is 0 Å². The average molecular weight is 166 g/mol. The van der Waals surface area contributed by atoms with Crippen molar-refractivity contribution in [2.45, 2.75) is 13.3 Å². The van der Waals surface area contributed by atoms with Crippen molar-refractivity contribution in [2.24, 2.45) is 0 Å². The third kappa shape index (κ3) is 2.19. The predicted molar refractivity (Wildman–Crippen MR) is 44.0 cm³/mol. The summed E-state index contributed by atoms with van der Waals surface area (Å²) in [4.78, 5) is 13.9. The van der Waals surface area contributed by atoms with Crippen LogP contribution in [0.15, 0.2) is 6.20 Å². The maximum Gasteiger partial charge on any atom is 0.211 e. The van der Waals surface area contributed by atoms with E-state index in [-0.39, 0.29) is 0 Å². The Kier molecular flexibility index (Phi) is 3.01. The molecule has 2 N–H and O–H groups in total. The van der Waals surface area contributed by atoms with Crippen LogP contribution in [0.3, 0.4) is 0 Å².